The molecule has 1 aromatic rings. The zero-order valence-corrected chi connectivity index (χ0v) is 12.9. The van der Waals surface area contributed by atoms with Gasteiger partial charge in [-0.3, -0.25) is 9.59 Å². The van der Waals surface area contributed by atoms with Crippen LogP contribution in [0, 0.1) is 13.8 Å². The maximum atomic E-state index is 12.4. The van der Waals surface area contributed by atoms with Crippen molar-refractivity contribution in [2.75, 3.05) is 6.54 Å². The molecule has 0 aromatic heterocycles. The molecule has 1 unspecified atom stereocenters. The van der Waals surface area contributed by atoms with Crippen molar-refractivity contribution in [2.45, 2.75) is 40.2 Å². The SMILES string of the molecule is CCC(C)N1CC(=O)/C(=C(/O)c2cc(C)cc(C)c2)C1=O. The van der Waals surface area contributed by atoms with Gasteiger partial charge in [0.15, 0.2) is 5.78 Å². The molecule has 1 fully saturated rings. The molecule has 0 saturated carbocycles. The van der Waals surface area contributed by atoms with Crippen LogP contribution in [0.5, 0.6) is 0 Å². The van der Waals surface area contributed by atoms with Crippen LogP contribution in [0.4, 0.5) is 0 Å². The van der Waals surface area contributed by atoms with Crippen LogP contribution in [-0.2, 0) is 9.59 Å². The largest absolute Gasteiger partial charge is 0.506 e. The molecule has 0 spiro atoms. The number of hydrogen-bond acceptors (Lipinski definition) is 3. The molecule has 21 heavy (non-hydrogen) atoms. The van der Waals surface area contributed by atoms with Gasteiger partial charge in [0.25, 0.3) is 5.91 Å². The minimum absolute atomic E-state index is 0.00834. The minimum Gasteiger partial charge on any atom is -0.506 e. The number of ketones is 1. The number of aliphatic hydroxyl groups is 1. The van der Waals surface area contributed by atoms with E-state index in [1.165, 1.54) is 4.90 Å². The van der Waals surface area contributed by atoms with Crippen molar-refractivity contribution in [3.8, 4) is 0 Å². The summed E-state index contributed by atoms with van der Waals surface area (Å²) >= 11 is 0. The Hall–Kier alpha value is -2.10. The van der Waals surface area contributed by atoms with E-state index in [4.69, 9.17) is 0 Å². The number of Topliss-reactive ketones (excluding diaryl/α,β-unsaturated/α-hetero) is 1. The van der Waals surface area contributed by atoms with Gasteiger partial charge in [-0.25, -0.2) is 0 Å². The van der Waals surface area contributed by atoms with Crippen molar-refractivity contribution in [1.82, 2.24) is 4.90 Å². The Kier molecular flexibility index (Phi) is 4.16. The standard InChI is InChI=1S/C17H21NO3/c1-5-12(4)18-9-14(19)15(17(18)21)16(20)13-7-10(2)6-11(3)8-13/h6-8,12,20H,5,9H2,1-4H3/b16-15-. The lowest BCUT2D eigenvalue weighted by Crippen LogP contribution is -2.34. The summed E-state index contributed by atoms with van der Waals surface area (Å²) in [5.74, 6) is -0.884. The van der Waals surface area contributed by atoms with Gasteiger partial charge >= 0.3 is 0 Å². The number of carbonyl (C=O) groups excluding carboxylic acids is 2. The first kappa shape index (κ1) is 15.3. The van der Waals surface area contributed by atoms with E-state index in [2.05, 4.69) is 0 Å². The number of amides is 1. The van der Waals surface area contributed by atoms with Crippen LogP contribution < -0.4 is 0 Å². The molecule has 0 radical (unpaired) electrons. The van der Waals surface area contributed by atoms with E-state index >= 15 is 0 Å². The van der Waals surface area contributed by atoms with Crippen LogP contribution >= 0.6 is 0 Å². The molecular weight excluding hydrogens is 266 g/mol. The number of benzene rings is 1. The molecule has 1 atom stereocenters. The number of aliphatic hydroxyl groups excluding tert-OH is 1. The van der Waals surface area contributed by atoms with Crippen molar-refractivity contribution in [2.24, 2.45) is 0 Å². The molecule has 0 aliphatic carbocycles. The summed E-state index contributed by atoms with van der Waals surface area (Å²) in [6, 6.07) is 5.53. The summed E-state index contributed by atoms with van der Waals surface area (Å²) in [6.07, 6.45) is 0.774. The Morgan fingerprint density at radius 1 is 1.24 bits per heavy atom. The van der Waals surface area contributed by atoms with Crippen LogP contribution in [0.2, 0.25) is 0 Å². The Morgan fingerprint density at radius 2 is 1.81 bits per heavy atom. The molecule has 4 heteroatoms. The maximum absolute atomic E-state index is 12.4. The van der Waals surface area contributed by atoms with Gasteiger partial charge in [-0.15, -0.1) is 0 Å². The van der Waals surface area contributed by atoms with Crippen molar-refractivity contribution in [1.29, 1.82) is 0 Å². The van der Waals surface area contributed by atoms with Gasteiger partial charge < -0.3 is 10.0 Å². The zero-order chi connectivity index (χ0) is 15.7. The third-order valence-electron chi connectivity index (χ3n) is 3.92. The van der Waals surface area contributed by atoms with E-state index < -0.39 is 0 Å². The molecular formula is C17H21NO3. The molecule has 4 nitrogen and oxygen atoms in total. The Bertz CT molecular complexity index is 611. The average Bonchev–Trinajstić information content (AvgIpc) is 2.71. The number of hydrogen-bond donors (Lipinski definition) is 1. The molecule has 1 N–H and O–H groups in total. The Labute approximate surface area is 125 Å². The van der Waals surface area contributed by atoms with Crippen LogP contribution in [0.1, 0.15) is 37.0 Å². The third kappa shape index (κ3) is 2.84. The predicted molar refractivity (Wildman–Crippen MR) is 81.9 cm³/mol. The van der Waals surface area contributed by atoms with E-state index in [-0.39, 0.29) is 35.6 Å². The topological polar surface area (TPSA) is 57.6 Å². The average molecular weight is 287 g/mol. The number of likely N-dealkylation sites (tertiary alicyclic amines) is 1. The summed E-state index contributed by atoms with van der Waals surface area (Å²) in [5, 5.41) is 10.4. The summed E-state index contributed by atoms with van der Waals surface area (Å²) in [5.41, 5.74) is 2.40. The highest BCUT2D eigenvalue weighted by Crippen LogP contribution is 2.26. The van der Waals surface area contributed by atoms with Gasteiger partial charge in [0.2, 0.25) is 0 Å². The summed E-state index contributed by atoms with van der Waals surface area (Å²) in [7, 11) is 0. The van der Waals surface area contributed by atoms with Gasteiger partial charge in [-0.05, 0) is 39.3 Å². The number of rotatable bonds is 3. The number of carbonyl (C=O) groups is 2. The van der Waals surface area contributed by atoms with Gasteiger partial charge in [0.1, 0.15) is 11.3 Å². The van der Waals surface area contributed by atoms with Crippen LogP contribution in [0.25, 0.3) is 5.76 Å². The molecule has 1 aliphatic heterocycles. The smallest absolute Gasteiger partial charge is 0.262 e. The quantitative estimate of drug-likeness (QED) is 0.528. The molecule has 1 aliphatic rings. The van der Waals surface area contributed by atoms with E-state index in [0.717, 1.165) is 17.5 Å². The summed E-state index contributed by atoms with van der Waals surface area (Å²) in [6.45, 7) is 7.75. The van der Waals surface area contributed by atoms with E-state index in [0.29, 0.717) is 5.56 Å². The number of nitrogens with zero attached hydrogens (tertiary/aromatic N) is 1. The first-order chi connectivity index (χ1) is 9.85. The van der Waals surface area contributed by atoms with Crippen molar-refractivity contribution >= 4 is 17.4 Å². The van der Waals surface area contributed by atoms with Crippen molar-refractivity contribution in [3.05, 3.63) is 40.5 Å². The fourth-order valence-corrected chi connectivity index (χ4v) is 2.63. The second-order valence-corrected chi connectivity index (χ2v) is 5.71. The van der Waals surface area contributed by atoms with Crippen LogP contribution in [0.15, 0.2) is 23.8 Å². The first-order valence-electron chi connectivity index (χ1n) is 7.21. The second kappa shape index (κ2) is 5.72. The molecule has 1 amide bonds. The fraction of sp³-hybridized carbons (Fsp3) is 0.412. The van der Waals surface area contributed by atoms with Gasteiger partial charge in [0.05, 0.1) is 6.54 Å². The maximum Gasteiger partial charge on any atom is 0.262 e. The normalized spacial score (nSPS) is 19.1. The predicted octanol–water partition coefficient (Wildman–Crippen LogP) is 2.78. The molecule has 1 saturated heterocycles. The lowest BCUT2D eigenvalue weighted by molar-refractivity contribution is -0.126. The molecule has 1 heterocycles. The lowest BCUT2D eigenvalue weighted by Gasteiger charge is -2.21. The van der Waals surface area contributed by atoms with Crippen LogP contribution in [0.3, 0.4) is 0 Å². The highest BCUT2D eigenvalue weighted by atomic mass is 16.3. The molecule has 112 valence electrons. The van der Waals surface area contributed by atoms with Crippen molar-refractivity contribution in [3.63, 3.8) is 0 Å². The third-order valence-corrected chi connectivity index (χ3v) is 3.92. The summed E-state index contributed by atoms with van der Waals surface area (Å²) < 4.78 is 0. The van der Waals surface area contributed by atoms with Gasteiger partial charge in [0, 0.05) is 11.6 Å². The molecule has 1 aromatic carbocycles. The second-order valence-electron chi connectivity index (χ2n) is 5.71. The monoisotopic (exact) mass is 287 g/mol. The van der Waals surface area contributed by atoms with E-state index in [9.17, 15) is 14.7 Å². The van der Waals surface area contributed by atoms with E-state index in [1.807, 2.05) is 33.8 Å². The highest BCUT2D eigenvalue weighted by molar-refractivity contribution is 6.28. The molecule has 2 rings (SSSR count). The minimum atomic E-state index is -0.369. The zero-order valence-electron chi connectivity index (χ0n) is 12.9. The van der Waals surface area contributed by atoms with Gasteiger partial charge in [-0.2, -0.15) is 0 Å². The highest BCUT2D eigenvalue weighted by Gasteiger charge is 2.38. The first-order valence-corrected chi connectivity index (χ1v) is 7.21. The lowest BCUT2D eigenvalue weighted by atomic mass is 10.0. The Morgan fingerprint density at radius 3 is 2.33 bits per heavy atom. The molecule has 0 bridgehead atoms. The number of aryl methyl sites for hydroxylation is 2. The van der Waals surface area contributed by atoms with Crippen LogP contribution in [-0.4, -0.2) is 34.3 Å². The summed E-state index contributed by atoms with van der Waals surface area (Å²) in [4.78, 5) is 26.0. The Balaban J connectivity index is 2.47. The van der Waals surface area contributed by atoms with Crippen molar-refractivity contribution < 1.29 is 14.7 Å². The van der Waals surface area contributed by atoms with Gasteiger partial charge in [-0.1, -0.05) is 24.1 Å². The fourth-order valence-electron chi connectivity index (χ4n) is 2.63. The van der Waals surface area contributed by atoms with E-state index in [1.54, 1.807) is 12.1 Å².